The van der Waals surface area contributed by atoms with Crippen LogP contribution in [-0.4, -0.2) is 40.5 Å². The van der Waals surface area contributed by atoms with E-state index in [-0.39, 0.29) is 23.0 Å². The van der Waals surface area contributed by atoms with Gasteiger partial charge in [0.1, 0.15) is 5.82 Å². The minimum Gasteiger partial charge on any atom is -0.376 e. The van der Waals surface area contributed by atoms with Gasteiger partial charge in [-0.2, -0.15) is 0 Å². The van der Waals surface area contributed by atoms with Crippen LogP contribution in [0.4, 0.5) is 9.52 Å². The summed E-state index contributed by atoms with van der Waals surface area (Å²) < 4.78 is 19.2. The maximum Gasteiger partial charge on any atom is 0.206 e. The van der Waals surface area contributed by atoms with Crippen molar-refractivity contribution in [3.63, 3.8) is 0 Å². The summed E-state index contributed by atoms with van der Waals surface area (Å²) >= 11 is 2.78. The molecule has 1 aromatic carbocycles. The number of nitrogens with one attached hydrogen (secondary N) is 1. The molecule has 128 valence electrons. The van der Waals surface area contributed by atoms with Crippen molar-refractivity contribution < 1.29 is 13.9 Å². The van der Waals surface area contributed by atoms with E-state index < -0.39 is 0 Å². The van der Waals surface area contributed by atoms with Crippen LogP contribution < -0.4 is 5.32 Å². The molecule has 1 N–H and O–H groups in total. The van der Waals surface area contributed by atoms with Gasteiger partial charge in [0.2, 0.25) is 5.13 Å². The summed E-state index contributed by atoms with van der Waals surface area (Å²) in [4.78, 5) is 12.3. The highest BCUT2D eigenvalue weighted by atomic mass is 32.2. The predicted octanol–water partition coefficient (Wildman–Crippen LogP) is 3.63. The number of rotatable bonds is 7. The lowest BCUT2D eigenvalue weighted by atomic mass is 10.1. The molecule has 1 aromatic heterocycles. The zero-order valence-corrected chi connectivity index (χ0v) is 14.8. The highest BCUT2D eigenvalue weighted by molar-refractivity contribution is 8.02. The molecule has 0 radical (unpaired) electrons. The Morgan fingerprint density at radius 3 is 2.96 bits per heavy atom. The number of ether oxygens (including phenoxy) is 1. The van der Waals surface area contributed by atoms with Crippen LogP contribution in [0.25, 0.3) is 0 Å². The Morgan fingerprint density at radius 1 is 1.46 bits per heavy atom. The van der Waals surface area contributed by atoms with Crippen LogP contribution in [0.2, 0.25) is 0 Å². The van der Waals surface area contributed by atoms with Crippen molar-refractivity contribution in [1.82, 2.24) is 10.2 Å². The average Bonchev–Trinajstić information content (AvgIpc) is 3.24. The molecule has 5 nitrogen and oxygen atoms in total. The van der Waals surface area contributed by atoms with Crippen LogP contribution in [-0.2, 0) is 4.74 Å². The number of nitrogens with zero attached hydrogens (tertiary/aromatic N) is 2. The Hall–Kier alpha value is -1.51. The monoisotopic (exact) mass is 367 g/mol. The minimum absolute atomic E-state index is 0.0518. The van der Waals surface area contributed by atoms with Crippen molar-refractivity contribution in [2.24, 2.45) is 0 Å². The largest absolute Gasteiger partial charge is 0.376 e. The van der Waals surface area contributed by atoms with Crippen molar-refractivity contribution in [2.75, 3.05) is 18.5 Å². The lowest BCUT2D eigenvalue weighted by Gasteiger charge is -2.09. The highest BCUT2D eigenvalue weighted by Gasteiger charge is 2.20. The molecule has 0 unspecified atom stereocenters. The molecule has 2 atom stereocenters. The smallest absolute Gasteiger partial charge is 0.206 e. The van der Waals surface area contributed by atoms with Crippen LogP contribution in [0.1, 0.15) is 30.1 Å². The molecule has 0 bridgehead atoms. The Balaban J connectivity index is 1.53. The van der Waals surface area contributed by atoms with Gasteiger partial charge in [-0.25, -0.2) is 4.39 Å². The molecule has 0 saturated carbocycles. The lowest BCUT2D eigenvalue weighted by molar-refractivity contribution is 0.0994. The number of benzene rings is 1. The van der Waals surface area contributed by atoms with Gasteiger partial charge in [0.15, 0.2) is 10.1 Å². The first-order chi connectivity index (χ1) is 11.6. The quantitative estimate of drug-likeness (QED) is 0.595. The number of hydrogen-bond acceptors (Lipinski definition) is 7. The summed E-state index contributed by atoms with van der Waals surface area (Å²) in [5, 5.41) is 11.8. The van der Waals surface area contributed by atoms with Gasteiger partial charge >= 0.3 is 0 Å². The molecule has 1 fully saturated rings. The van der Waals surface area contributed by atoms with Crippen molar-refractivity contribution in [1.29, 1.82) is 0 Å². The molecular formula is C16H18FN3O2S2. The number of carbonyl (C=O) groups excluding carboxylic acids is 1. The molecule has 1 aliphatic heterocycles. The van der Waals surface area contributed by atoms with E-state index in [4.69, 9.17) is 4.74 Å². The van der Waals surface area contributed by atoms with Crippen LogP contribution in [0.3, 0.4) is 0 Å². The lowest BCUT2D eigenvalue weighted by Crippen LogP contribution is -2.18. The highest BCUT2D eigenvalue weighted by Crippen LogP contribution is 2.30. The molecule has 0 amide bonds. The van der Waals surface area contributed by atoms with E-state index in [1.165, 1.54) is 47.4 Å². The third-order valence-electron chi connectivity index (χ3n) is 3.69. The van der Waals surface area contributed by atoms with Gasteiger partial charge in [0.25, 0.3) is 0 Å². The first kappa shape index (κ1) is 17.3. The fourth-order valence-electron chi connectivity index (χ4n) is 2.39. The van der Waals surface area contributed by atoms with Gasteiger partial charge in [-0.1, -0.05) is 23.1 Å². The third-order valence-corrected chi connectivity index (χ3v) is 5.75. The first-order valence-corrected chi connectivity index (χ1v) is 9.47. The van der Waals surface area contributed by atoms with Crippen LogP contribution in [0.5, 0.6) is 0 Å². The van der Waals surface area contributed by atoms with E-state index in [1.807, 2.05) is 6.92 Å². The van der Waals surface area contributed by atoms with Gasteiger partial charge in [0, 0.05) is 18.7 Å². The zero-order valence-electron chi connectivity index (χ0n) is 13.2. The van der Waals surface area contributed by atoms with E-state index in [2.05, 4.69) is 15.5 Å². The van der Waals surface area contributed by atoms with E-state index in [0.717, 1.165) is 35.5 Å². The fraction of sp³-hybridized carbons (Fsp3) is 0.438. The minimum atomic E-state index is -0.349. The average molecular weight is 367 g/mol. The number of aromatic nitrogens is 2. The number of anilines is 1. The fourth-order valence-corrected chi connectivity index (χ4v) is 4.37. The summed E-state index contributed by atoms with van der Waals surface area (Å²) in [5.41, 5.74) is 0.498. The standard InChI is InChI=1S/C16H18FN3O2S2/c1-10(14(21)11-4-6-12(17)7-5-11)23-16-20-19-15(24-16)18-9-13-3-2-8-22-13/h4-7,10,13H,2-3,8-9H2,1H3,(H,18,19)/t10-,13-/m0/s1. The summed E-state index contributed by atoms with van der Waals surface area (Å²) in [6.07, 6.45) is 2.41. The Kier molecular flexibility index (Phi) is 5.80. The van der Waals surface area contributed by atoms with Crippen LogP contribution in [0, 0.1) is 5.82 Å². The molecule has 1 aliphatic rings. The molecule has 2 heterocycles. The topological polar surface area (TPSA) is 64.1 Å². The normalized spacial score (nSPS) is 18.5. The Labute approximate surface area is 148 Å². The maximum atomic E-state index is 12.9. The number of Topliss-reactive ketones (excluding diaryl/α,β-unsaturated/α-hetero) is 1. The molecule has 0 aliphatic carbocycles. The number of halogens is 1. The second-order valence-electron chi connectivity index (χ2n) is 5.52. The van der Waals surface area contributed by atoms with Crippen molar-refractivity contribution in [2.45, 2.75) is 35.5 Å². The second kappa shape index (κ2) is 8.04. The van der Waals surface area contributed by atoms with Gasteiger partial charge < -0.3 is 10.1 Å². The molecule has 2 aromatic rings. The maximum absolute atomic E-state index is 12.9. The van der Waals surface area contributed by atoms with E-state index in [9.17, 15) is 9.18 Å². The number of thioether (sulfide) groups is 1. The van der Waals surface area contributed by atoms with Gasteiger partial charge in [-0.3, -0.25) is 4.79 Å². The Bertz CT molecular complexity index is 687. The van der Waals surface area contributed by atoms with Crippen molar-refractivity contribution >= 4 is 34.0 Å². The molecular weight excluding hydrogens is 349 g/mol. The number of hydrogen-bond donors (Lipinski definition) is 1. The van der Waals surface area contributed by atoms with Crippen molar-refractivity contribution in [3.8, 4) is 0 Å². The summed E-state index contributed by atoms with van der Waals surface area (Å²) in [6, 6.07) is 5.60. The molecule has 0 spiro atoms. The summed E-state index contributed by atoms with van der Waals surface area (Å²) in [5.74, 6) is -0.401. The third kappa shape index (κ3) is 4.52. The molecule has 8 heteroatoms. The second-order valence-corrected chi connectivity index (χ2v) is 8.09. The van der Waals surface area contributed by atoms with E-state index in [1.54, 1.807) is 0 Å². The van der Waals surface area contributed by atoms with Gasteiger partial charge in [-0.05, 0) is 44.0 Å². The molecule has 24 heavy (non-hydrogen) atoms. The zero-order chi connectivity index (χ0) is 16.9. The predicted molar refractivity (Wildman–Crippen MR) is 93.4 cm³/mol. The van der Waals surface area contributed by atoms with E-state index in [0.29, 0.717) is 5.56 Å². The van der Waals surface area contributed by atoms with Gasteiger partial charge in [-0.15, -0.1) is 10.2 Å². The summed E-state index contributed by atoms with van der Waals surface area (Å²) in [7, 11) is 0. The van der Waals surface area contributed by atoms with Crippen molar-refractivity contribution in [3.05, 3.63) is 35.6 Å². The SMILES string of the molecule is C[C@H](Sc1nnc(NC[C@@H]2CCCO2)s1)C(=O)c1ccc(F)cc1. The van der Waals surface area contributed by atoms with Gasteiger partial charge in [0.05, 0.1) is 11.4 Å². The summed E-state index contributed by atoms with van der Waals surface area (Å²) in [6.45, 7) is 3.37. The Morgan fingerprint density at radius 2 is 2.25 bits per heavy atom. The first-order valence-electron chi connectivity index (χ1n) is 7.77. The van der Waals surface area contributed by atoms with E-state index >= 15 is 0 Å². The number of carbonyl (C=O) groups is 1. The molecule has 1 saturated heterocycles. The van der Waals surface area contributed by atoms with Crippen LogP contribution in [0.15, 0.2) is 28.6 Å². The van der Waals surface area contributed by atoms with Crippen LogP contribution >= 0.6 is 23.1 Å². The molecule has 3 rings (SSSR count). The number of ketones is 1.